The molecule has 2 aliphatic rings. The summed E-state index contributed by atoms with van der Waals surface area (Å²) in [6, 6.07) is 0. The fourth-order valence-corrected chi connectivity index (χ4v) is 2.88. The van der Waals surface area contributed by atoms with Gasteiger partial charge in [0.15, 0.2) is 0 Å². The number of fused-ring (bicyclic) bond motifs is 1. The molecule has 2 aliphatic carbocycles. The Labute approximate surface area is 80.2 Å². The Balaban J connectivity index is 2.18. The molecule has 0 spiro atoms. The molecule has 0 aliphatic heterocycles. The molecule has 13 heavy (non-hydrogen) atoms. The van der Waals surface area contributed by atoms with Gasteiger partial charge in [0.1, 0.15) is 5.78 Å². The molecule has 0 bridgehead atoms. The van der Waals surface area contributed by atoms with Crippen LogP contribution < -0.4 is 0 Å². The first-order valence-electron chi connectivity index (χ1n) is 5.26. The highest BCUT2D eigenvalue weighted by atomic mass is 16.1. The van der Waals surface area contributed by atoms with E-state index in [4.69, 9.17) is 0 Å². The molecule has 0 radical (unpaired) electrons. The van der Waals surface area contributed by atoms with Crippen molar-refractivity contribution in [3.05, 3.63) is 12.2 Å². The quantitative estimate of drug-likeness (QED) is 0.521. The summed E-state index contributed by atoms with van der Waals surface area (Å²) < 4.78 is 0. The minimum atomic E-state index is 0.253. The van der Waals surface area contributed by atoms with Crippen molar-refractivity contribution in [2.24, 2.45) is 17.3 Å². The maximum absolute atomic E-state index is 11.8. The predicted molar refractivity (Wildman–Crippen MR) is 53.4 cm³/mol. The Hall–Kier alpha value is -0.590. The van der Waals surface area contributed by atoms with E-state index in [9.17, 15) is 4.79 Å². The van der Waals surface area contributed by atoms with E-state index < -0.39 is 0 Å². The Bertz CT molecular complexity index is 250. The van der Waals surface area contributed by atoms with Gasteiger partial charge in [-0.1, -0.05) is 26.0 Å². The van der Waals surface area contributed by atoms with E-state index >= 15 is 0 Å². The van der Waals surface area contributed by atoms with Crippen molar-refractivity contribution < 1.29 is 4.79 Å². The first-order chi connectivity index (χ1) is 6.08. The van der Waals surface area contributed by atoms with Gasteiger partial charge in [-0.3, -0.25) is 4.79 Å². The second-order valence-corrected chi connectivity index (χ2v) is 5.32. The molecule has 1 fully saturated rings. The van der Waals surface area contributed by atoms with Gasteiger partial charge in [0.25, 0.3) is 0 Å². The lowest BCUT2D eigenvalue weighted by atomic mass is 9.63. The predicted octanol–water partition coefficient (Wildman–Crippen LogP) is 2.96. The van der Waals surface area contributed by atoms with Gasteiger partial charge < -0.3 is 0 Å². The van der Waals surface area contributed by atoms with E-state index in [2.05, 4.69) is 26.0 Å². The van der Waals surface area contributed by atoms with E-state index in [-0.39, 0.29) is 5.41 Å². The van der Waals surface area contributed by atoms with Crippen LogP contribution in [-0.4, -0.2) is 5.78 Å². The second-order valence-electron chi connectivity index (χ2n) is 5.32. The van der Waals surface area contributed by atoms with Crippen LogP contribution in [0.3, 0.4) is 0 Å². The minimum Gasteiger partial charge on any atom is -0.299 e. The van der Waals surface area contributed by atoms with Gasteiger partial charge in [0.2, 0.25) is 0 Å². The molecule has 0 saturated heterocycles. The van der Waals surface area contributed by atoms with Crippen LogP contribution in [0, 0.1) is 17.3 Å². The average Bonchev–Trinajstić information content (AvgIpc) is 2.02. The zero-order chi connectivity index (χ0) is 9.47. The summed E-state index contributed by atoms with van der Waals surface area (Å²) in [5.74, 6) is 1.50. The third-order valence-corrected chi connectivity index (χ3v) is 3.45. The van der Waals surface area contributed by atoms with Gasteiger partial charge in [-0.25, -0.2) is 0 Å². The van der Waals surface area contributed by atoms with Crippen molar-refractivity contribution in [3.63, 3.8) is 0 Å². The number of Topliss-reactive ketones (excluding diaryl/α,β-unsaturated/α-hetero) is 1. The topological polar surface area (TPSA) is 17.1 Å². The van der Waals surface area contributed by atoms with Crippen molar-refractivity contribution >= 4 is 5.78 Å². The zero-order valence-corrected chi connectivity index (χ0v) is 8.55. The number of ketones is 1. The molecule has 0 N–H and O–H groups in total. The van der Waals surface area contributed by atoms with E-state index in [1.54, 1.807) is 0 Å². The van der Waals surface area contributed by atoms with Crippen molar-refractivity contribution in [3.8, 4) is 0 Å². The first-order valence-corrected chi connectivity index (χ1v) is 5.26. The number of hydrogen-bond acceptors (Lipinski definition) is 1. The highest BCUT2D eigenvalue weighted by Gasteiger charge is 2.40. The van der Waals surface area contributed by atoms with E-state index in [1.807, 2.05) is 0 Å². The van der Waals surface area contributed by atoms with Crippen LogP contribution in [0.25, 0.3) is 0 Å². The van der Waals surface area contributed by atoms with Crippen LogP contribution in [0.4, 0.5) is 0 Å². The molecule has 1 heteroatoms. The normalized spacial score (nSPS) is 37.2. The Morgan fingerprint density at radius 2 is 2.00 bits per heavy atom. The fraction of sp³-hybridized carbons (Fsp3) is 0.750. The Kier molecular flexibility index (Phi) is 2.05. The monoisotopic (exact) mass is 178 g/mol. The molecule has 72 valence electrons. The van der Waals surface area contributed by atoms with E-state index in [1.165, 1.54) is 6.42 Å². The fourth-order valence-electron chi connectivity index (χ4n) is 2.88. The Morgan fingerprint density at radius 3 is 2.77 bits per heavy atom. The molecule has 2 atom stereocenters. The first kappa shape index (κ1) is 8.98. The van der Waals surface area contributed by atoms with Crippen molar-refractivity contribution in [1.82, 2.24) is 0 Å². The second kappa shape index (κ2) is 2.97. The number of carbonyl (C=O) groups is 1. The number of allylic oxidation sites excluding steroid dienone is 2. The number of carbonyl (C=O) groups excluding carboxylic acids is 1. The van der Waals surface area contributed by atoms with Gasteiger partial charge in [-0.05, 0) is 30.6 Å². The summed E-state index contributed by atoms with van der Waals surface area (Å²) in [5, 5.41) is 0. The molecule has 1 saturated carbocycles. The highest BCUT2D eigenvalue weighted by Crippen LogP contribution is 2.44. The summed E-state index contributed by atoms with van der Waals surface area (Å²) >= 11 is 0. The summed E-state index contributed by atoms with van der Waals surface area (Å²) in [4.78, 5) is 11.8. The van der Waals surface area contributed by atoms with Crippen LogP contribution in [0.5, 0.6) is 0 Å². The van der Waals surface area contributed by atoms with Gasteiger partial charge in [-0.2, -0.15) is 0 Å². The van der Waals surface area contributed by atoms with Crippen LogP contribution in [0.1, 0.15) is 39.5 Å². The van der Waals surface area contributed by atoms with Gasteiger partial charge in [0.05, 0.1) is 0 Å². The maximum Gasteiger partial charge on any atom is 0.137 e. The standard InChI is InChI=1S/C12H18O/c1-12(2)7-9-5-3-4-6-10(9)11(13)8-12/h3-4,9-10H,5-8H2,1-2H3/t9-,10-/m0/s1. The van der Waals surface area contributed by atoms with Crippen molar-refractivity contribution in [2.45, 2.75) is 39.5 Å². The van der Waals surface area contributed by atoms with E-state index in [0.29, 0.717) is 17.6 Å². The average molecular weight is 178 g/mol. The van der Waals surface area contributed by atoms with Crippen LogP contribution in [0.2, 0.25) is 0 Å². The lowest BCUT2D eigenvalue weighted by Gasteiger charge is -2.40. The van der Waals surface area contributed by atoms with Crippen LogP contribution >= 0.6 is 0 Å². The van der Waals surface area contributed by atoms with Crippen LogP contribution in [0.15, 0.2) is 12.2 Å². The number of rotatable bonds is 0. The molecule has 0 amide bonds. The molecular weight excluding hydrogens is 160 g/mol. The molecular formula is C12H18O. The molecule has 2 rings (SSSR count). The third-order valence-electron chi connectivity index (χ3n) is 3.45. The zero-order valence-electron chi connectivity index (χ0n) is 8.55. The third kappa shape index (κ3) is 1.70. The maximum atomic E-state index is 11.8. The van der Waals surface area contributed by atoms with Crippen LogP contribution in [-0.2, 0) is 4.79 Å². The van der Waals surface area contributed by atoms with Gasteiger partial charge in [0, 0.05) is 12.3 Å². The molecule has 0 aromatic rings. The molecule has 1 nitrogen and oxygen atoms in total. The largest absolute Gasteiger partial charge is 0.299 e. The van der Waals surface area contributed by atoms with E-state index in [0.717, 1.165) is 19.3 Å². The number of hydrogen-bond donors (Lipinski definition) is 0. The molecule has 0 aromatic carbocycles. The molecule has 0 aromatic heterocycles. The minimum absolute atomic E-state index is 0.253. The summed E-state index contributed by atoms with van der Waals surface area (Å²) in [6.07, 6.45) is 8.57. The van der Waals surface area contributed by atoms with Crippen molar-refractivity contribution in [2.75, 3.05) is 0 Å². The lowest BCUT2D eigenvalue weighted by Crippen LogP contribution is -2.37. The summed E-state index contributed by atoms with van der Waals surface area (Å²) in [5.41, 5.74) is 0.253. The lowest BCUT2D eigenvalue weighted by molar-refractivity contribution is -0.130. The summed E-state index contributed by atoms with van der Waals surface area (Å²) in [6.45, 7) is 4.44. The van der Waals surface area contributed by atoms with Gasteiger partial charge in [-0.15, -0.1) is 0 Å². The summed E-state index contributed by atoms with van der Waals surface area (Å²) in [7, 11) is 0. The molecule has 0 unspecified atom stereocenters. The Morgan fingerprint density at radius 1 is 1.31 bits per heavy atom. The van der Waals surface area contributed by atoms with Crippen molar-refractivity contribution in [1.29, 1.82) is 0 Å². The smallest absolute Gasteiger partial charge is 0.137 e. The SMILES string of the molecule is CC1(C)CC(=O)[C@H]2CC=CC[C@H]2C1. The molecule has 0 heterocycles. The van der Waals surface area contributed by atoms with Gasteiger partial charge >= 0.3 is 0 Å². The highest BCUT2D eigenvalue weighted by molar-refractivity contribution is 5.83.